The van der Waals surface area contributed by atoms with E-state index in [0.29, 0.717) is 48.7 Å². The predicted octanol–water partition coefficient (Wildman–Crippen LogP) is 2.23. The van der Waals surface area contributed by atoms with Gasteiger partial charge in [0.1, 0.15) is 12.1 Å². The molecule has 10 heteroatoms. The summed E-state index contributed by atoms with van der Waals surface area (Å²) in [6, 6.07) is 3.73. The first-order valence-corrected chi connectivity index (χ1v) is 12.5. The van der Waals surface area contributed by atoms with E-state index in [1.54, 1.807) is 17.0 Å². The third kappa shape index (κ3) is 6.49. The van der Waals surface area contributed by atoms with Gasteiger partial charge in [0.15, 0.2) is 0 Å². The molecular formula is C24H32Cl2N4O4. The molecule has 2 fully saturated rings. The molecule has 0 bridgehead atoms. The molecule has 1 aromatic carbocycles. The lowest BCUT2D eigenvalue weighted by Crippen LogP contribution is -2.56. The van der Waals surface area contributed by atoms with Crippen molar-refractivity contribution in [1.29, 1.82) is 0 Å². The van der Waals surface area contributed by atoms with E-state index in [4.69, 9.17) is 28.9 Å². The van der Waals surface area contributed by atoms with E-state index in [1.807, 2.05) is 6.07 Å². The van der Waals surface area contributed by atoms with E-state index in [0.717, 1.165) is 18.4 Å². The number of nitrogens with two attached hydrogens (primary N) is 1. The topological polar surface area (TPSA) is 122 Å². The molecule has 0 unspecified atom stereocenters. The summed E-state index contributed by atoms with van der Waals surface area (Å²) in [6.45, 7) is 0.477. The Hall–Kier alpha value is -2.16. The van der Waals surface area contributed by atoms with Gasteiger partial charge in [-0.15, -0.1) is 0 Å². The molecule has 4 N–H and O–H groups in total. The molecule has 2 aliphatic rings. The van der Waals surface area contributed by atoms with Crippen LogP contribution in [0.25, 0.3) is 0 Å². The van der Waals surface area contributed by atoms with Crippen LogP contribution in [-0.2, 0) is 25.6 Å². The van der Waals surface area contributed by atoms with Crippen molar-refractivity contribution < 1.29 is 19.2 Å². The Bertz CT molecular complexity index is 934. The number of rotatable bonds is 8. The first kappa shape index (κ1) is 26.4. The number of carbonyl (C=O) groups excluding carboxylic acids is 4. The van der Waals surface area contributed by atoms with Crippen LogP contribution in [0.3, 0.4) is 0 Å². The van der Waals surface area contributed by atoms with Crippen molar-refractivity contribution in [1.82, 2.24) is 15.5 Å². The van der Waals surface area contributed by atoms with Gasteiger partial charge in [-0.3, -0.25) is 19.2 Å². The summed E-state index contributed by atoms with van der Waals surface area (Å²) in [4.78, 5) is 52.6. The fourth-order valence-corrected chi connectivity index (χ4v) is 5.14. The molecule has 3 rings (SSSR count). The number of hydrogen-bond donors (Lipinski definition) is 3. The Labute approximate surface area is 209 Å². The van der Waals surface area contributed by atoms with Crippen LogP contribution >= 0.6 is 23.2 Å². The molecule has 1 heterocycles. The maximum atomic E-state index is 13.2. The maximum Gasteiger partial charge on any atom is 0.289 e. The van der Waals surface area contributed by atoms with E-state index in [9.17, 15) is 19.2 Å². The molecule has 1 aliphatic heterocycles. The molecule has 3 amide bonds. The lowest BCUT2D eigenvalue weighted by molar-refractivity contribution is -0.143. The summed E-state index contributed by atoms with van der Waals surface area (Å²) >= 11 is 12.0. The number of ketones is 1. The Morgan fingerprint density at radius 1 is 1.09 bits per heavy atom. The smallest absolute Gasteiger partial charge is 0.289 e. The largest absolute Gasteiger partial charge is 0.353 e. The highest BCUT2D eigenvalue weighted by Gasteiger charge is 2.39. The summed E-state index contributed by atoms with van der Waals surface area (Å²) < 4.78 is 0. The van der Waals surface area contributed by atoms with Gasteiger partial charge in [-0.25, -0.2) is 0 Å². The Morgan fingerprint density at radius 3 is 2.44 bits per heavy atom. The van der Waals surface area contributed by atoms with Crippen LogP contribution < -0.4 is 16.4 Å². The highest BCUT2D eigenvalue weighted by Crippen LogP contribution is 2.28. The molecule has 0 radical (unpaired) electrons. The second-order valence-electron chi connectivity index (χ2n) is 9.10. The van der Waals surface area contributed by atoms with Crippen molar-refractivity contribution >= 4 is 46.7 Å². The van der Waals surface area contributed by atoms with Crippen LogP contribution in [0.15, 0.2) is 18.2 Å². The number of benzene rings is 1. The summed E-state index contributed by atoms with van der Waals surface area (Å²) in [5.41, 5.74) is 6.87. The van der Waals surface area contributed by atoms with Crippen LogP contribution in [0.1, 0.15) is 50.5 Å². The number of halogens is 2. The van der Waals surface area contributed by atoms with Gasteiger partial charge in [-0.05, 0) is 68.6 Å². The summed E-state index contributed by atoms with van der Waals surface area (Å²) in [5.74, 6) is -2.08. The highest BCUT2D eigenvalue weighted by molar-refractivity contribution is 6.42. The molecule has 186 valence electrons. The van der Waals surface area contributed by atoms with E-state index in [-0.39, 0.29) is 24.3 Å². The van der Waals surface area contributed by atoms with E-state index in [1.165, 1.54) is 7.05 Å². The molecule has 0 aromatic heterocycles. The van der Waals surface area contributed by atoms with Crippen LogP contribution in [-0.4, -0.2) is 60.1 Å². The molecule has 0 spiro atoms. The predicted molar refractivity (Wildman–Crippen MR) is 130 cm³/mol. The number of carbonyl (C=O) groups is 4. The van der Waals surface area contributed by atoms with Crippen molar-refractivity contribution in [2.24, 2.45) is 11.7 Å². The number of nitrogens with one attached hydrogen (secondary N) is 2. The van der Waals surface area contributed by atoms with Gasteiger partial charge in [-0.2, -0.15) is 0 Å². The average Bonchev–Trinajstić information content (AvgIpc) is 3.33. The zero-order chi connectivity index (χ0) is 24.8. The monoisotopic (exact) mass is 510 g/mol. The van der Waals surface area contributed by atoms with Gasteiger partial charge >= 0.3 is 0 Å². The Kier molecular flexibility index (Phi) is 9.33. The molecule has 1 aliphatic carbocycles. The number of amides is 3. The van der Waals surface area contributed by atoms with Crippen molar-refractivity contribution in [3.05, 3.63) is 33.8 Å². The number of likely N-dealkylation sites (N-methyl/N-ethyl adjacent to an activating group) is 1. The Morgan fingerprint density at radius 2 is 1.79 bits per heavy atom. The van der Waals surface area contributed by atoms with Crippen LogP contribution in [0.2, 0.25) is 10.0 Å². The SMILES string of the molecule is CNC(=O)C(=O)[C@H](NC(=O)[C@@H]1CCCN1C(=O)CCc1ccc(Cl)c(Cl)c1)C1CCC(N)CC1. The average molecular weight is 511 g/mol. The molecule has 1 aromatic rings. The zero-order valence-electron chi connectivity index (χ0n) is 19.3. The van der Waals surface area contributed by atoms with Gasteiger partial charge in [0.25, 0.3) is 5.91 Å². The minimum absolute atomic E-state index is 0.0705. The molecule has 2 atom stereocenters. The van der Waals surface area contributed by atoms with Crippen molar-refractivity contribution in [2.45, 2.75) is 69.5 Å². The number of likely N-dealkylation sites (tertiary alicyclic amines) is 1. The molecule has 1 saturated carbocycles. The Balaban J connectivity index is 1.65. The zero-order valence-corrected chi connectivity index (χ0v) is 20.8. The molecule has 1 saturated heterocycles. The van der Waals surface area contributed by atoms with Gasteiger partial charge < -0.3 is 21.3 Å². The van der Waals surface area contributed by atoms with Crippen molar-refractivity contribution in [2.75, 3.05) is 13.6 Å². The maximum absolute atomic E-state index is 13.2. The number of hydrogen-bond acceptors (Lipinski definition) is 5. The summed E-state index contributed by atoms with van der Waals surface area (Å²) in [5, 5.41) is 6.05. The number of Topliss-reactive ketones (excluding diaryl/α,β-unsaturated/α-hetero) is 1. The van der Waals surface area contributed by atoms with Gasteiger partial charge in [0, 0.05) is 26.1 Å². The fourth-order valence-electron chi connectivity index (χ4n) is 4.82. The van der Waals surface area contributed by atoms with E-state index in [2.05, 4.69) is 10.6 Å². The lowest BCUT2D eigenvalue weighted by Gasteiger charge is -2.33. The first-order chi connectivity index (χ1) is 16.2. The summed E-state index contributed by atoms with van der Waals surface area (Å²) in [7, 11) is 1.39. The third-order valence-electron chi connectivity index (χ3n) is 6.81. The normalized spacial score (nSPS) is 23.3. The first-order valence-electron chi connectivity index (χ1n) is 11.8. The standard InChI is InChI=1S/C24H32Cl2N4O4/c1-28-24(34)22(32)21(15-6-8-16(27)9-7-15)29-23(33)19-3-2-12-30(19)20(31)11-5-14-4-10-17(25)18(26)13-14/h4,10,13,15-16,19,21H,2-3,5-9,11-12,27H2,1H3,(H,28,34)(H,29,33)/t15?,16?,19-,21+/m0/s1. The van der Waals surface area contributed by atoms with E-state index < -0.39 is 29.7 Å². The molecular weight excluding hydrogens is 479 g/mol. The van der Waals surface area contributed by atoms with Crippen molar-refractivity contribution in [3.8, 4) is 0 Å². The second-order valence-corrected chi connectivity index (χ2v) is 9.91. The minimum Gasteiger partial charge on any atom is -0.353 e. The van der Waals surface area contributed by atoms with Crippen LogP contribution in [0.5, 0.6) is 0 Å². The number of aryl methyl sites for hydroxylation is 1. The summed E-state index contributed by atoms with van der Waals surface area (Å²) in [6.07, 6.45) is 4.70. The van der Waals surface area contributed by atoms with Gasteiger partial charge in [0.2, 0.25) is 17.6 Å². The highest BCUT2D eigenvalue weighted by atomic mass is 35.5. The van der Waals surface area contributed by atoms with Gasteiger partial charge in [0.05, 0.1) is 10.0 Å². The fraction of sp³-hybridized carbons (Fsp3) is 0.583. The quantitative estimate of drug-likeness (QED) is 0.463. The van der Waals surface area contributed by atoms with Crippen molar-refractivity contribution in [3.63, 3.8) is 0 Å². The number of nitrogens with zero attached hydrogens (tertiary/aromatic N) is 1. The third-order valence-corrected chi connectivity index (χ3v) is 7.55. The molecule has 8 nitrogen and oxygen atoms in total. The van der Waals surface area contributed by atoms with Crippen LogP contribution in [0, 0.1) is 5.92 Å². The lowest BCUT2D eigenvalue weighted by atomic mass is 9.80. The van der Waals surface area contributed by atoms with Gasteiger partial charge in [-0.1, -0.05) is 29.3 Å². The van der Waals surface area contributed by atoms with Crippen LogP contribution in [0.4, 0.5) is 0 Å². The van der Waals surface area contributed by atoms with E-state index >= 15 is 0 Å². The second kappa shape index (κ2) is 12.0. The molecule has 34 heavy (non-hydrogen) atoms. The minimum atomic E-state index is -0.922.